The van der Waals surface area contributed by atoms with Crippen LogP contribution in [0, 0.1) is 0 Å². The number of hydrogen-bond acceptors (Lipinski definition) is 12. The van der Waals surface area contributed by atoms with E-state index in [0.29, 0.717) is 19.8 Å². The zero-order valence-corrected chi connectivity index (χ0v) is 41.2. The van der Waals surface area contributed by atoms with E-state index in [0.717, 1.165) is 90.2 Å². The lowest BCUT2D eigenvalue weighted by molar-refractivity contribution is 0.242. The van der Waals surface area contributed by atoms with E-state index in [-0.39, 0.29) is 0 Å². The van der Waals surface area contributed by atoms with Crippen molar-refractivity contribution in [2.24, 2.45) is 0 Å². The first kappa shape index (κ1) is 51.2. The average Bonchev–Trinajstić information content (AvgIpc) is 3.46. The molecule has 0 bridgehead atoms. The molecule has 4 N–H and O–H groups in total. The highest BCUT2D eigenvalue weighted by Gasteiger charge is 2.10. The largest absolute Gasteiger partial charge is 0.497 e. The van der Waals surface area contributed by atoms with Crippen LogP contribution in [-0.2, 0) is 48.0 Å². The van der Waals surface area contributed by atoms with Gasteiger partial charge in [0.2, 0.25) is 0 Å². The van der Waals surface area contributed by atoms with Crippen molar-refractivity contribution in [2.75, 3.05) is 41.2 Å². The van der Waals surface area contributed by atoms with Crippen LogP contribution < -0.4 is 49.7 Å². The van der Waals surface area contributed by atoms with Gasteiger partial charge in [-0.25, -0.2) is 0 Å². The predicted octanol–water partition coefficient (Wildman–Crippen LogP) is 10.9. The molecule has 0 aromatic heterocycles. The summed E-state index contributed by atoms with van der Waals surface area (Å²) in [4.78, 5) is 0. The summed E-state index contributed by atoms with van der Waals surface area (Å²) in [5.74, 6) is 6.13. The fourth-order valence-electron chi connectivity index (χ4n) is 7.52. The van der Waals surface area contributed by atoms with Crippen molar-refractivity contribution < 1.29 is 37.9 Å². The van der Waals surface area contributed by atoms with Crippen LogP contribution in [0.4, 0.5) is 0 Å². The first-order valence-electron chi connectivity index (χ1n) is 24.0. The van der Waals surface area contributed by atoms with Crippen LogP contribution in [0.15, 0.2) is 219 Å². The maximum Gasteiger partial charge on any atom is 0.157 e. The Balaban J connectivity index is 0.000000158. The highest BCUT2D eigenvalue weighted by Crippen LogP contribution is 2.25. The molecule has 0 radical (unpaired) electrons. The monoisotopic (exact) mass is 968 g/mol. The molecule has 0 fully saturated rings. The van der Waals surface area contributed by atoms with E-state index < -0.39 is 0 Å². The summed E-state index contributed by atoms with van der Waals surface area (Å²) in [7, 11) is 5.05. The zero-order valence-electron chi connectivity index (χ0n) is 41.2. The Hall–Kier alpha value is -8.64. The fourth-order valence-corrected chi connectivity index (χ4v) is 7.52. The Bertz CT molecular complexity index is 2460. The minimum atomic E-state index is 0.400. The molecule has 0 saturated heterocycles. The third-order valence-electron chi connectivity index (χ3n) is 11.5. The Morgan fingerprint density at radius 1 is 0.389 bits per heavy atom. The molecule has 12 nitrogen and oxygen atoms in total. The number of hydrogen-bond donors (Lipinski definition) is 4. The smallest absolute Gasteiger partial charge is 0.157 e. The third kappa shape index (κ3) is 17.1. The Morgan fingerprint density at radius 2 is 0.819 bits per heavy atom. The number of benzene rings is 6. The standard InChI is InChI=1S/C20H22N2O2.2C20H21NO3/c1-23-19-10-7-16(8-11-19)6-9-17-4-2-3-5-20(17)24-15-18-14-21-12-13-22-18;1-22-19-10-7-16(8-11-19)6-9-17-4-2-3-5-20(17)24-15-18-14-23-13-12-21-18;1-22-18-10-7-16(8-11-18)6-9-17-4-2-3-5-20(17)24-15-19-14-21-12-13-23-19/h2-5,7-8,10-14,21-22H,6,9,15H2,1H3;2*2-5,7-8,10-14,21H,6,9,15H2,1H3. The van der Waals surface area contributed by atoms with Crippen molar-refractivity contribution in [1.82, 2.24) is 21.3 Å². The molecule has 0 spiro atoms. The third-order valence-corrected chi connectivity index (χ3v) is 11.5. The molecule has 3 aliphatic heterocycles. The van der Waals surface area contributed by atoms with E-state index in [1.807, 2.05) is 104 Å². The van der Waals surface area contributed by atoms with Gasteiger partial charge in [-0.05, 0) is 127 Å². The van der Waals surface area contributed by atoms with Crippen molar-refractivity contribution >= 4 is 0 Å². The molecule has 0 aliphatic carbocycles. The van der Waals surface area contributed by atoms with Crippen molar-refractivity contribution in [3.8, 4) is 34.5 Å². The molecule has 372 valence electrons. The van der Waals surface area contributed by atoms with Crippen LogP contribution in [0.5, 0.6) is 34.5 Å². The molecular formula is C60H64N4O8. The van der Waals surface area contributed by atoms with Crippen LogP contribution in [0.25, 0.3) is 0 Å². The van der Waals surface area contributed by atoms with Crippen LogP contribution >= 0.6 is 0 Å². The quantitative estimate of drug-likeness (QED) is 0.0549. The lowest BCUT2D eigenvalue weighted by Crippen LogP contribution is -2.20. The van der Waals surface area contributed by atoms with Gasteiger partial charge in [0.1, 0.15) is 73.1 Å². The van der Waals surface area contributed by atoms with E-state index >= 15 is 0 Å². The van der Waals surface area contributed by atoms with Crippen LogP contribution in [0.2, 0.25) is 0 Å². The molecular weight excluding hydrogens is 905 g/mol. The summed E-state index contributed by atoms with van der Waals surface area (Å²) >= 11 is 0. The molecule has 0 atom stereocenters. The number of ether oxygens (including phenoxy) is 8. The van der Waals surface area contributed by atoms with Gasteiger partial charge in [0.25, 0.3) is 0 Å². The van der Waals surface area contributed by atoms with Crippen molar-refractivity contribution in [3.63, 3.8) is 0 Å². The fraction of sp³-hybridized carbons (Fsp3) is 0.200. The molecule has 6 aromatic rings. The first-order chi connectivity index (χ1) is 35.5. The average molecular weight is 969 g/mol. The first-order valence-corrected chi connectivity index (χ1v) is 24.0. The van der Waals surface area contributed by atoms with E-state index in [4.69, 9.17) is 37.9 Å². The highest BCUT2D eigenvalue weighted by atomic mass is 16.5. The molecule has 6 aromatic carbocycles. The molecule has 3 aliphatic rings. The summed E-state index contributed by atoms with van der Waals surface area (Å²) in [6.45, 7) is 1.36. The summed E-state index contributed by atoms with van der Waals surface area (Å²) in [5, 5.41) is 12.3. The number of methoxy groups -OCH3 is 3. The second-order valence-corrected chi connectivity index (χ2v) is 16.5. The molecule has 9 rings (SSSR count). The van der Waals surface area contributed by atoms with E-state index in [1.54, 1.807) is 58.7 Å². The lowest BCUT2D eigenvalue weighted by Gasteiger charge is -2.15. The van der Waals surface area contributed by atoms with Crippen LogP contribution in [0.3, 0.4) is 0 Å². The van der Waals surface area contributed by atoms with E-state index in [9.17, 15) is 0 Å². The summed E-state index contributed by atoms with van der Waals surface area (Å²) < 4.78 is 43.9. The topological polar surface area (TPSA) is 122 Å². The highest BCUT2D eigenvalue weighted by molar-refractivity contribution is 5.38. The molecule has 3 heterocycles. The Kier molecular flexibility index (Phi) is 20.5. The second-order valence-electron chi connectivity index (χ2n) is 16.5. The number of rotatable bonds is 21. The zero-order chi connectivity index (χ0) is 49.8. The second kappa shape index (κ2) is 28.8. The summed E-state index contributed by atoms with van der Waals surface area (Å²) in [6.07, 6.45) is 21.4. The van der Waals surface area contributed by atoms with Gasteiger partial charge in [0, 0.05) is 37.2 Å². The van der Waals surface area contributed by atoms with Gasteiger partial charge in [-0.1, -0.05) is 91.0 Å². The normalized spacial score (nSPS) is 12.8. The molecule has 0 amide bonds. The number of para-hydroxylation sites is 3. The minimum Gasteiger partial charge on any atom is -0.497 e. The van der Waals surface area contributed by atoms with Crippen molar-refractivity contribution in [3.05, 3.63) is 252 Å². The van der Waals surface area contributed by atoms with Gasteiger partial charge in [0.15, 0.2) is 5.76 Å². The number of aryl methyl sites for hydroxylation is 6. The molecule has 12 heteroatoms. The van der Waals surface area contributed by atoms with Gasteiger partial charge in [-0.15, -0.1) is 0 Å². The van der Waals surface area contributed by atoms with E-state index in [1.165, 1.54) is 33.4 Å². The summed E-state index contributed by atoms with van der Waals surface area (Å²) in [6, 6.07) is 49.1. The van der Waals surface area contributed by atoms with Crippen LogP contribution in [0.1, 0.15) is 33.4 Å². The van der Waals surface area contributed by atoms with Crippen molar-refractivity contribution in [2.45, 2.75) is 38.5 Å². The van der Waals surface area contributed by atoms with Gasteiger partial charge >= 0.3 is 0 Å². The van der Waals surface area contributed by atoms with Crippen molar-refractivity contribution in [1.29, 1.82) is 0 Å². The Morgan fingerprint density at radius 3 is 1.22 bits per heavy atom. The molecule has 72 heavy (non-hydrogen) atoms. The predicted molar refractivity (Wildman–Crippen MR) is 283 cm³/mol. The maximum absolute atomic E-state index is 5.98. The minimum absolute atomic E-state index is 0.400. The lowest BCUT2D eigenvalue weighted by atomic mass is 10.0. The summed E-state index contributed by atoms with van der Waals surface area (Å²) in [5.41, 5.74) is 9.34. The maximum atomic E-state index is 5.98. The number of nitrogens with one attached hydrogen (secondary N) is 4. The van der Waals surface area contributed by atoms with Gasteiger partial charge in [-0.2, -0.15) is 0 Å². The Labute approximate surface area is 423 Å². The SMILES string of the molecule is COc1ccc(CCc2ccccc2OCC2=CNC=CN2)cc1.COc1ccc(CCc2ccccc2OCC2=CNC=CO2)cc1.COc1ccc(CCc2ccccc2OCC2=COC=CN2)cc1. The molecule has 0 saturated carbocycles. The van der Waals surface area contributed by atoms with Crippen LogP contribution in [-0.4, -0.2) is 41.2 Å². The van der Waals surface area contributed by atoms with E-state index in [2.05, 4.69) is 81.9 Å². The van der Waals surface area contributed by atoms with Gasteiger partial charge < -0.3 is 59.2 Å². The molecule has 0 unspecified atom stereocenters. The van der Waals surface area contributed by atoms with Gasteiger partial charge in [0.05, 0.1) is 32.7 Å². The van der Waals surface area contributed by atoms with Gasteiger partial charge in [-0.3, -0.25) is 0 Å².